The molecular weight excluding hydrogens is 524 g/mol. The summed E-state index contributed by atoms with van der Waals surface area (Å²) in [4.78, 5) is 57.7. The number of hydrogen-bond donors (Lipinski definition) is 4. The Hall–Kier alpha value is -3.58. The zero-order valence-corrected chi connectivity index (χ0v) is 26.2. The lowest BCUT2D eigenvalue weighted by atomic mass is 10.2. The second-order valence-electron chi connectivity index (χ2n) is 12.8. The van der Waals surface area contributed by atoms with E-state index >= 15 is 0 Å². The van der Waals surface area contributed by atoms with E-state index < -0.39 is 52.8 Å². The average molecular weight is 573 g/mol. The molecule has 0 rings (SSSR count). The molecule has 1 atom stereocenters. The summed E-state index contributed by atoms with van der Waals surface area (Å²) >= 11 is 0. The molecule has 0 heterocycles. The van der Waals surface area contributed by atoms with Crippen molar-refractivity contribution in [1.82, 2.24) is 21.3 Å². The number of amides is 4. The molecule has 0 aliphatic carbocycles. The van der Waals surface area contributed by atoms with Crippen LogP contribution < -0.4 is 21.3 Å². The third kappa shape index (κ3) is 21.4. The lowest BCUT2D eigenvalue weighted by molar-refractivity contribution is 0.0498. The molecular formula is C26H48N6O8. The van der Waals surface area contributed by atoms with Crippen LogP contribution in [0.3, 0.4) is 0 Å². The van der Waals surface area contributed by atoms with Crippen LogP contribution in [0.2, 0.25) is 0 Å². The molecule has 0 spiro atoms. The molecule has 14 nitrogen and oxygen atoms in total. The third-order valence-electron chi connectivity index (χ3n) is 3.66. The van der Waals surface area contributed by atoms with Crippen molar-refractivity contribution < 1.29 is 38.1 Å². The smallest absolute Gasteiger partial charge is 0.414 e. The first-order valence-electron chi connectivity index (χ1n) is 12.9. The minimum Gasteiger partial charge on any atom is -0.444 e. The Bertz CT molecular complexity index is 918. The Labute approximate surface area is 237 Å². The van der Waals surface area contributed by atoms with E-state index in [1.807, 2.05) is 0 Å². The molecule has 230 valence electrons. The van der Waals surface area contributed by atoms with Crippen molar-refractivity contribution in [2.75, 3.05) is 13.1 Å². The van der Waals surface area contributed by atoms with Crippen LogP contribution in [-0.2, 0) is 18.9 Å². The summed E-state index contributed by atoms with van der Waals surface area (Å²) in [7, 11) is 0. The van der Waals surface area contributed by atoms with Gasteiger partial charge in [-0.3, -0.25) is 25.9 Å². The van der Waals surface area contributed by atoms with Crippen LogP contribution in [0.5, 0.6) is 0 Å². The number of amidine groups is 1. The summed E-state index contributed by atoms with van der Waals surface area (Å²) < 4.78 is 21.0. The highest BCUT2D eigenvalue weighted by Crippen LogP contribution is 2.09. The molecule has 4 N–H and O–H groups in total. The maximum absolute atomic E-state index is 12.5. The van der Waals surface area contributed by atoms with Gasteiger partial charge in [-0.15, -0.1) is 0 Å². The Morgan fingerprint density at radius 3 is 1.25 bits per heavy atom. The second-order valence-corrected chi connectivity index (χ2v) is 12.8. The Morgan fingerprint density at radius 1 is 0.550 bits per heavy atom. The monoisotopic (exact) mass is 572 g/mol. The largest absolute Gasteiger partial charge is 0.444 e. The minimum atomic E-state index is -0.866. The number of guanidine groups is 1. The van der Waals surface area contributed by atoms with Crippen molar-refractivity contribution in [1.29, 1.82) is 0 Å². The fourth-order valence-corrected chi connectivity index (χ4v) is 2.47. The predicted molar refractivity (Wildman–Crippen MR) is 152 cm³/mol. The highest BCUT2D eigenvalue weighted by atomic mass is 16.6. The van der Waals surface area contributed by atoms with Gasteiger partial charge in [0.1, 0.15) is 28.2 Å². The summed E-state index contributed by atoms with van der Waals surface area (Å²) in [6, 6.07) is -0.777. The average Bonchev–Trinajstić information content (AvgIpc) is 2.63. The number of carbonyl (C=O) groups is 4. The SMILES string of the molecule is CC(=NCC(CN=C(NC(=O)OC(C)(C)C)NC(=O)OC(C)(C)C)NC(=O)OC(C)(C)C)NC(=O)OC(C)(C)C. The molecule has 0 aromatic heterocycles. The van der Waals surface area contributed by atoms with Gasteiger partial charge >= 0.3 is 24.4 Å². The molecule has 1 unspecified atom stereocenters. The zero-order valence-electron chi connectivity index (χ0n) is 26.2. The third-order valence-corrected chi connectivity index (χ3v) is 3.66. The molecule has 0 saturated heterocycles. The van der Waals surface area contributed by atoms with Gasteiger partial charge in [0.2, 0.25) is 5.96 Å². The summed E-state index contributed by atoms with van der Waals surface area (Å²) in [5.41, 5.74) is -3.08. The first-order chi connectivity index (χ1) is 17.8. The minimum absolute atomic E-state index is 0.0451. The highest BCUT2D eigenvalue weighted by molar-refractivity contribution is 6.01. The van der Waals surface area contributed by atoms with Crippen molar-refractivity contribution in [2.45, 2.75) is 118 Å². The van der Waals surface area contributed by atoms with E-state index in [-0.39, 0.29) is 24.9 Å². The molecule has 0 aliphatic heterocycles. The molecule has 0 fully saturated rings. The topological polar surface area (TPSA) is 178 Å². The molecule has 0 aromatic carbocycles. The number of rotatable bonds is 5. The van der Waals surface area contributed by atoms with Gasteiger partial charge in [-0.25, -0.2) is 19.2 Å². The van der Waals surface area contributed by atoms with Gasteiger partial charge in [-0.05, 0) is 90.0 Å². The number of carbonyl (C=O) groups excluding carboxylic acids is 4. The summed E-state index contributed by atoms with van der Waals surface area (Å²) in [5.74, 6) is -0.0414. The van der Waals surface area contributed by atoms with Gasteiger partial charge in [0.15, 0.2) is 0 Å². The van der Waals surface area contributed by atoms with Gasteiger partial charge < -0.3 is 24.3 Å². The summed E-state index contributed by atoms with van der Waals surface area (Å²) in [6.07, 6.45) is -3.15. The van der Waals surface area contributed by atoms with Gasteiger partial charge in [-0.2, -0.15) is 0 Å². The van der Waals surface area contributed by atoms with Crippen LogP contribution in [0.25, 0.3) is 0 Å². The van der Waals surface area contributed by atoms with Gasteiger partial charge in [0, 0.05) is 0 Å². The fourth-order valence-electron chi connectivity index (χ4n) is 2.47. The maximum atomic E-state index is 12.5. The van der Waals surface area contributed by atoms with Crippen LogP contribution in [0, 0.1) is 0 Å². The van der Waals surface area contributed by atoms with Crippen molar-refractivity contribution >= 4 is 36.2 Å². The van der Waals surface area contributed by atoms with E-state index in [4.69, 9.17) is 18.9 Å². The molecule has 0 saturated carbocycles. The molecule has 0 radical (unpaired) electrons. The van der Waals surface area contributed by atoms with Crippen LogP contribution in [0.4, 0.5) is 19.2 Å². The number of nitrogens with one attached hydrogen (secondary N) is 4. The first-order valence-corrected chi connectivity index (χ1v) is 12.9. The maximum Gasteiger partial charge on any atom is 0.414 e. The molecule has 0 bridgehead atoms. The van der Waals surface area contributed by atoms with Crippen LogP contribution in [0.1, 0.15) is 90.0 Å². The van der Waals surface area contributed by atoms with Crippen LogP contribution in [0.15, 0.2) is 9.98 Å². The molecule has 0 aromatic rings. The van der Waals surface area contributed by atoms with Gasteiger partial charge in [-0.1, -0.05) is 0 Å². The molecule has 4 amide bonds. The molecule has 14 heteroatoms. The lowest BCUT2D eigenvalue weighted by Gasteiger charge is -2.23. The van der Waals surface area contributed by atoms with Crippen molar-refractivity contribution in [3.63, 3.8) is 0 Å². The van der Waals surface area contributed by atoms with E-state index in [2.05, 4.69) is 31.3 Å². The zero-order chi connectivity index (χ0) is 31.5. The quantitative estimate of drug-likeness (QED) is 0.215. The molecule has 0 aliphatic rings. The van der Waals surface area contributed by atoms with E-state index in [1.165, 1.54) is 0 Å². The number of ether oxygens (including phenoxy) is 4. The second kappa shape index (κ2) is 14.7. The van der Waals surface area contributed by atoms with E-state index in [1.54, 1.807) is 90.0 Å². The Morgan fingerprint density at radius 2 is 0.875 bits per heavy atom. The van der Waals surface area contributed by atoms with E-state index in [0.717, 1.165) is 0 Å². The fraction of sp³-hybridized carbons (Fsp3) is 0.769. The highest BCUT2D eigenvalue weighted by Gasteiger charge is 2.23. The van der Waals surface area contributed by atoms with Crippen LogP contribution in [-0.4, -0.2) is 77.7 Å². The summed E-state index contributed by atoms with van der Waals surface area (Å²) in [6.45, 7) is 21.7. The van der Waals surface area contributed by atoms with E-state index in [9.17, 15) is 19.2 Å². The molecule has 40 heavy (non-hydrogen) atoms. The van der Waals surface area contributed by atoms with Crippen LogP contribution >= 0.6 is 0 Å². The van der Waals surface area contributed by atoms with Gasteiger partial charge in [0.25, 0.3) is 0 Å². The first kappa shape index (κ1) is 36.4. The lowest BCUT2D eigenvalue weighted by Crippen LogP contribution is -2.48. The number of hydrogen-bond acceptors (Lipinski definition) is 10. The number of alkyl carbamates (subject to hydrolysis) is 4. The predicted octanol–water partition coefficient (Wildman–Crippen LogP) is 4.23. The van der Waals surface area contributed by atoms with Crippen molar-refractivity contribution in [3.05, 3.63) is 0 Å². The summed E-state index contributed by atoms with van der Waals surface area (Å²) in [5, 5.41) is 9.90. The Balaban J connectivity index is 5.89. The van der Waals surface area contributed by atoms with E-state index in [0.29, 0.717) is 0 Å². The van der Waals surface area contributed by atoms with Gasteiger partial charge in [0.05, 0.1) is 19.1 Å². The normalized spacial score (nSPS) is 13.3. The standard InChI is InChI=1S/C26H48N6O8/c1-16(29-19(33)37-23(2,3)4)27-14-17(30-20(34)38-24(5,6)7)15-28-18(31-21(35)39-25(8,9)10)32-22(36)40-26(11,12)13/h17H,14-15H2,1-13H3,(H,30,34)(H,27,29,33)(H2,28,31,32,35,36). The van der Waals surface area contributed by atoms with Crippen molar-refractivity contribution in [3.8, 4) is 0 Å². The number of nitrogens with zero attached hydrogens (tertiary/aromatic N) is 2. The number of aliphatic imine (C=N–C) groups is 2. The Kier molecular flexibility index (Phi) is 13.4. The van der Waals surface area contributed by atoms with Crippen molar-refractivity contribution in [2.24, 2.45) is 9.98 Å².